The Kier molecular flexibility index (Phi) is 6.58. The van der Waals surface area contributed by atoms with Crippen molar-refractivity contribution in [2.45, 2.75) is 12.8 Å². The summed E-state index contributed by atoms with van der Waals surface area (Å²) in [5.74, 6) is 0.386. The van der Waals surface area contributed by atoms with Gasteiger partial charge in [-0.3, -0.25) is 9.69 Å². The number of fused-ring (bicyclic) bond motifs is 1. The molecule has 1 fully saturated rings. The number of benzene rings is 1. The van der Waals surface area contributed by atoms with Crippen molar-refractivity contribution in [1.82, 2.24) is 14.9 Å². The Morgan fingerprint density at radius 1 is 1.31 bits per heavy atom. The molecule has 4 rings (SSSR count). The van der Waals surface area contributed by atoms with Crippen molar-refractivity contribution in [2.75, 3.05) is 46.1 Å². The summed E-state index contributed by atoms with van der Waals surface area (Å²) < 4.78 is 22.6. The lowest BCUT2D eigenvalue weighted by Gasteiger charge is -2.27. The number of allylic oxidation sites excluding steroid dienone is 1. The molecule has 3 heterocycles. The molecule has 32 heavy (non-hydrogen) atoms. The van der Waals surface area contributed by atoms with Crippen LogP contribution >= 0.6 is 0 Å². The van der Waals surface area contributed by atoms with E-state index < -0.39 is 11.5 Å². The highest BCUT2D eigenvalue weighted by atomic mass is 16.5. The zero-order valence-electron chi connectivity index (χ0n) is 17.8. The van der Waals surface area contributed by atoms with Gasteiger partial charge in [-0.15, -0.1) is 0 Å². The van der Waals surface area contributed by atoms with E-state index in [9.17, 15) is 10.1 Å². The van der Waals surface area contributed by atoms with E-state index in [1.807, 2.05) is 6.92 Å². The van der Waals surface area contributed by atoms with Gasteiger partial charge in [0, 0.05) is 19.6 Å². The summed E-state index contributed by atoms with van der Waals surface area (Å²) in [7, 11) is 0. The second kappa shape index (κ2) is 9.72. The summed E-state index contributed by atoms with van der Waals surface area (Å²) in [6, 6.07) is 7.41. The third kappa shape index (κ3) is 4.39. The maximum atomic E-state index is 12.6. The van der Waals surface area contributed by atoms with Gasteiger partial charge in [0.05, 0.1) is 37.6 Å². The van der Waals surface area contributed by atoms with Crippen molar-refractivity contribution in [3.8, 4) is 23.4 Å². The first-order chi connectivity index (χ1) is 15.6. The van der Waals surface area contributed by atoms with Crippen LogP contribution in [-0.4, -0.2) is 60.9 Å². The lowest BCUT2D eigenvalue weighted by molar-refractivity contribution is 0.0321. The van der Waals surface area contributed by atoms with E-state index in [2.05, 4.69) is 20.9 Å². The van der Waals surface area contributed by atoms with Gasteiger partial charge in [-0.1, -0.05) is 6.07 Å². The molecule has 0 saturated carbocycles. The Morgan fingerprint density at radius 3 is 2.88 bits per heavy atom. The third-order valence-electron chi connectivity index (χ3n) is 5.39. The Hall–Kier alpha value is -3.55. The van der Waals surface area contributed by atoms with Gasteiger partial charge in [0.1, 0.15) is 18.2 Å². The monoisotopic (exact) mass is 439 g/mol. The molecule has 10 nitrogen and oxygen atoms in total. The van der Waals surface area contributed by atoms with Crippen molar-refractivity contribution in [3.63, 3.8) is 0 Å². The number of nitrogens with two attached hydrogens (primary N) is 1. The van der Waals surface area contributed by atoms with Crippen LogP contribution in [0.3, 0.4) is 0 Å². The molecule has 1 aromatic carbocycles. The van der Waals surface area contributed by atoms with Crippen LogP contribution < -0.4 is 25.5 Å². The number of aromatic amines is 1. The summed E-state index contributed by atoms with van der Waals surface area (Å²) in [4.78, 5) is 21.5. The summed E-state index contributed by atoms with van der Waals surface area (Å²) in [5, 5.41) is 9.71. The fourth-order valence-corrected chi connectivity index (χ4v) is 3.83. The van der Waals surface area contributed by atoms with Crippen molar-refractivity contribution < 1.29 is 18.9 Å². The Bertz CT molecular complexity index is 1100. The molecule has 2 aliphatic heterocycles. The van der Waals surface area contributed by atoms with Gasteiger partial charge >= 0.3 is 0 Å². The maximum Gasteiger partial charge on any atom is 0.258 e. The van der Waals surface area contributed by atoms with Gasteiger partial charge in [0.2, 0.25) is 11.8 Å². The second-order valence-corrected chi connectivity index (χ2v) is 7.32. The van der Waals surface area contributed by atoms with E-state index in [0.29, 0.717) is 30.3 Å². The highest BCUT2D eigenvalue weighted by Crippen LogP contribution is 2.41. The minimum Gasteiger partial charge on any atom is -0.490 e. The number of nitrogens with zero attached hydrogens (tertiary/aromatic N) is 3. The standard InChI is InChI=1S/C22H25N5O5/c1-2-30-17-11-14(3-4-16(17)31-10-7-27-5-8-29-9-6-27)18-15(12-23)20(24)32-22-19(18)21(28)25-13-26-22/h3-4,11,13,18H,2,5-10,24H2,1H3,(H,25,26,28)/t18-/m0/s1. The molecule has 1 saturated heterocycles. The van der Waals surface area contributed by atoms with Crippen LogP contribution in [0.25, 0.3) is 0 Å². The molecule has 2 aromatic rings. The number of hydrogen-bond donors (Lipinski definition) is 2. The summed E-state index contributed by atoms with van der Waals surface area (Å²) in [6.45, 7) is 6.82. The normalized spacial score (nSPS) is 18.4. The summed E-state index contributed by atoms with van der Waals surface area (Å²) in [6.07, 6.45) is 1.24. The van der Waals surface area contributed by atoms with Crippen LogP contribution in [0, 0.1) is 11.3 Å². The lowest BCUT2D eigenvalue weighted by Crippen LogP contribution is -2.38. The lowest BCUT2D eigenvalue weighted by atomic mass is 9.85. The van der Waals surface area contributed by atoms with E-state index in [4.69, 9.17) is 24.7 Å². The van der Waals surface area contributed by atoms with Crippen molar-refractivity contribution in [1.29, 1.82) is 5.26 Å². The molecular formula is C22H25N5O5. The zero-order valence-corrected chi connectivity index (χ0v) is 17.8. The van der Waals surface area contributed by atoms with Gasteiger partial charge in [-0.2, -0.15) is 5.26 Å². The first-order valence-corrected chi connectivity index (χ1v) is 10.5. The number of aromatic nitrogens is 2. The van der Waals surface area contributed by atoms with E-state index in [1.165, 1.54) is 6.33 Å². The Balaban J connectivity index is 1.63. The van der Waals surface area contributed by atoms with E-state index in [-0.39, 0.29) is 22.9 Å². The molecule has 1 atom stereocenters. The van der Waals surface area contributed by atoms with Crippen LogP contribution in [0.2, 0.25) is 0 Å². The van der Waals surface area contributed by atoms with Crippen LogP contribution in [0.5, 0.6) is 17.4 Å². The predicted octanol–water partition coefficient (Wildman–Crippen LogP) is 1.10. The van der Waals surface area contributed by atoms with Crippen LogP contribution in [0.4, 0.5) is 0 Å². The largest absolute Gasteiger partial charge is 0.490 e. The molecule has 10 heteroatoms. The average molecular weight is 439 g/mol. The first kappa shape index (κ1) is 21.7. The third-order valence-corrected chi connectivity index (χ3v) is 5.39. The van der Waals surface area contributed by atoms with E-state index >= 15 is 0 Å². The Labute approximate surface area is 185 Å². The number of ether oxygens (including phenoxy) is 4. The molecule has 2 aliphatic rings. The fraction of sp³-hybridized carbons (Fsp3) is 0.409. The Morgan fingerprint density at radius 2 is 2.12 bits per heavy atom. The van der Waals surface area contributed by atoms with Crippen molar-refractivity contribution in [2.24, 2.45) is 5.73 Å². The van der Waals surface area contributed by atoms with Gasteiger partial charge in [-0.25, -0.2) is 4.98 Å². The second-order valence-electron chi connectivity index (χ2n) is 7.32. The number of H-pyrrole nitrogens is 1. The molecule has 0 unspecified atom stereocenters. The number of nitriles is 1. The number of morpholine rings is 1. The van der Waals surface area contributed by atoms with Crippen molar-refractivity contribution in [3.05, 3.63) is 57.5 Å². The molecule has 0 bridgehead atoms. The van der Waals surface area contributed by atoms with E-state index in [0.717, 1.165) is 32.8 Å². The van der Waals surface area contributed by atoms with Gasteiger partial charge in [0.15, 0.2) is 11.5 Å². The SMILES string of the molecule is CCOc1cc([C@H]2C(C#N)=C(N)Oc3nc[nH]c(=O)c32)ccc1OCCN1CCOCC1. The number of hydrogen-bond acceptors (Lipinski definition) is 9. The van der Waals surface area contributed by atoms with Crippen LogP contribution in [0.1, 0.15) is 24.0 Å². The first-order valence-electron chi connectivity index (χ1n) is 10.5. The highest BCUT2D eigenvalue weighted by Gasteiger charge is 2.34. The number of nitrogens with one attached hydrogen (secondary N) is 1. The molecule has 0 radical (unpaired) electrons. The van der Waals surface area contributed by atoms with Gasteiger partial charge in [-0.05, 0) is 24.6 Å². The van der Waals surface area contributed by atoms with Gasteiger partial charge < -0.3 is 29.7 Å². The molecule has 1 aromatic heterocycles. The van der Waals surface area contributed by atoms with E-state index in [1.54, 1.807) is 18.2 Å². The van der Waals surface area contributed by atoms with Crippen LogP contribution in [-0.2, 0) is 4.74 Å². The zero-order chi connectivity index (χ0) is 22.5. The summed E-state index contributed by atoms with van der Waals surface area (Å²) >= 11 is 0. The number of rotatable bonds is 7. The topological polar surface area (TPSA) is 136 Å². The fourth-order valence-electron chi connectivity index (χ4n) is 3.83. The van der Waals surface area contributed by atoms with Crippen LogP contribution in [0.15, 0.2) is 40.8 Å². The quantitative estimate of drug-likeness (QED) is 0.650. The molecule has 0 aliphatic carbocycles. The average Bonchev–Trinajstić information content (AvgIpc) is 2.80. The van der Waals surface area contributed by atoms with Gasteiger partial charge in [0.25, 0.3) is 5.56 Å². The van der Waals surface area contributed by atoms with Crippen molar-refractivity contribution >= 4 is 0 Å². The predicted molar refractivity (Wildman–Crippen MR) is 115 cm³/mol. The highest BCUT2D eigenvalue weighted by molar-refractivity contribution is 5.55. The summed E-state index contributed by atoms with van der Waals surface area (Å²) in [5.41, 5.74) is 6.57. The minimum absolute atomic E-state index is 0.0769. The molecular weight excluding hydrogens is 414 g/mol. The maximum absolute atomic E-state index is 12.6. The smallest absolute Gasteiger partial charge is 0.258 e. The molecule has 168 valence electrons. The molecule has 3 N–H and O–H groups in total. The molecule has 0 amide bonds. The molecule has 0 spiro atoms. The minimum atomic E-state index is -0.734.